The van der Waals surface area contributed by atoms with Crippen molar-refractivity contribution in [1.82, 2.24) is 4.98 Å². The molecule has 2 aromatic carbocycles. The Morgan fingerprint density at radius 1 is 1.00 bits per heavy atom. The third kappa shape index (κ3) is 4.23. The fraction of sp³-hybridized carbons (Fsp3) is 0.304. The van der Waals surface area contributed by atoms with Gasteiger partial charge in [-0.2, -0.15) is 0 Å². The van der Waals surface area contributed by atoms with E-state index >= 15 is 0 Å². The first-order chi connectivity index (χ1) is 14.0. The molecule has 6 heteroatoms. The van der Waals surface area contributed by atoms with Crippen LogP contribution < -0.4 is 20.3 Å². The van der Waals surface area contributed by atoms with Crippen molar-refractivity contribution < 1.29 is 19.7 Å². The molecule has 1 aliphatic rings. The number of aromatic nitrogens is 1. The van der Waals surface area contributed by atoms with Crippen molar-refractivity contribution in [3.8, 4) is 0 Å². The zero-order valence-corrected chi connectivity index (χ0v) is 16.6. The van der Waals surface area contributed by atoms with Crippen molar-refractivity contribution >= 4 is 16.9 Å². The smallest absolute Gasteiger partial charge is 0.198 e. The van der Waals surface area contributed by atoms with Crippen molar-refractivity contribution in [2.45, 2.75) is 20.0 Å². The van der Waals surface area contributed by atoms with E-state index < -0.39 is 5.97 Å². The van der Waals surface area contributed by atoms with Crippen LogP contribution in [0.5, 0.6) is 0 Å². The monoisotopic (exact) mass is 392 g/mol. The summed E-state index contributed by atoms with van der Waals surface area (Å²) in [5, 5.41) is 11.6. The van der Waals surface area contributed by atoms with Crippen molar-refractivity contribution in [3.63, 3.8) is 0 Å². The molecular formula is C23H26N3O3+. The minimum atomic E-state index is -1.27. The first-order valence-corrected chi connectivity index (χ1v) is 10.1. The largest absolute Gasteiger partial charge is 0.545 e. The lowest BCUT2D eigenvalue weighted by molar-refractivity contribution is -1.02. The molecule has 3 N–H and O–H groups in total. The van der Waals surface area contributed by atoms with Crippen LogP contribution in [0.2, 0.25) is 0 Å². The molecule has 0 aliphatic carbocycles. The number of carboxylic acids is 1. The fourth-order valence-electron chi connectivity index (χ4n) is 4.24. The third-order valence-electron chi connectivity index (χ3n) is 5.94. The second kappa shape index (κ2) is 8.19. The number of rotatable bonds is 5. The number of H-pyrrole nitrogens is 1. The minimum absolute atomic E-state index is 0.0308. The van der Waals surface area contributed by atoms with Gasteiger partial charge in [0, 0.05) is 22.2 Å². The molecule has 3 aromatic rings. The summed E-state index contributed by atoms with van der Waals surface area (Å²) < 4.78 is 0. The van der Waals surface area contributed by atoms with E-state index in [1.807, 2.05) is 13.0 Å². The van der Waals surface area contributed by atoms with Gasteiger partial charge in [-0.1, -0.05) is 36.4 Å². The number of carbonyl (C=O) groups is 1. The van der Waals surface area contributed by atoms with E-state index in [4.69, 9.17) is 0 Å². The predicted molar refractivity (Wildman–Crippen MR) is 109 cm³/mol. The van der Waals surface area contributed by atoms with Gasteiger partial charge in [0.2, 0.25) is 0 Å². The van der Waals surface area contributed by atoms with E-state index in [2.05, 4.69) is 29.2 Å². The average Bonchev–Trinajstić information content (AvgIpc) is 2.73. The molecule has 1 fully saturated rings. The number of piperazine rings is 1. The summed E-state index contributed by atoms with van der Waals surface area (Å²) in [5.41, 5.74) is 3.57. The van der Waals surface area contributed by atoms with Gasteiger partial charge in [0.1, 0.15) is 39.3 Å². The van der Waals surface area contributed by atoms with Crippen molar-refractivity contribution in [1.29, 1.82) is 0 Å². The van der Waals surface area contributed by atoms with Gasteiger partial charge in [-0.05, 0) is 24.6 Å². The van der Waals surface area contributed by atoms with Gasteiger partial charge >= 0.3 is 0 Å². The zero-order valence-electron chi connectivity index (χ0n) is 16.6. The summed E-state index contributed by atoms with van der Waals surface area (Å²) >= 11 is 0. The number of aryl methyl sites for hydroxylation is 1. The Morgan fingerprint density at radius 3 is 2.31 bits per heavy atom. The number of carboxylic acid groups (broad SMARTS) is 1. The van der Waals surface area contributed by atoms with Crippen LogP contribution in [0.15, 0.2) is 53.3 Å². The molecule has 1 aromatic heterocycles. The predicted octanol–water partition coefficient (Wildman–Crippen LogP) is -1.32. The maximum atomic E-state index is 13.1. The van der Waals surface area contributed by atoms with Gasteiger partial charge in [-0.25, -0.2) is 0 Å². The van der Waals surface area contributed by atoms with E-state index in [-0.39, 0.29) is 11.0 Å². The van der Waals surface area contributed by atoms with Gasteiger partial charge in [-0.3, -0.25) is 4.79 Å². The average molecular weight is 392 g/mol. The highest BCUT2D eigenvalue weighted by Gasteiger charge is 2.25. The van der Waals surface area contributed by atoms with Gasteiger partial charge in [0.05, 0.1) is 11.5 Å². The third-order valence-corrected chi connectivity index (χ3v) is 5.94. The van der Waals surface area contributed by atoms with E-state index in [0.717, 1.165) is 44.0 Å². The summed E-state index contributed by atoms with van der Waals surface area (Å²) in [7, 11) is 0. The second-order valence-electron chi connectivity index (χ2n) is 7.94. The molecule has 1 aliphatic heterocycles. The summed E-state index contributed by atoms with van der Waals surface area (Å²) in [6.45, 7) is 7.78. The van der Waals surface area contributed by atoms with Crippen molar-refractivity contribution in [2.24, 2.45) is 0 Å². The zero-order chi connectivity index (χ0) is 20.4. The van der Waals surface area contributed by atoms with Crippen molar-refractivity contribution in [2.75, 3.05) is 26.2 Å². The van der Waals surface area contributed by atoms with Crippen LogP contribution in [-0.2, 0) is 13.1 Å². The maximum Gasteiger partial charge on any atom is 0.198 e. The molecule has 150 valence electrons. The molecule has 2 heterocycles. The maximum absolute atomic E-state index is 13.1. The summed E-state index contributed by atoms with van der Waals surface area (Å²) in [6, 6.07) is 15.1. The number of carbonyl (C=O) groups excluding carboxylic acids is 1. The van der Waals surface area contributed by atoms with Crippen molar-refractivity contribution in [3.05, 3.63) is 81.1 Å². The molecule has 0 amide bonds. The number of hydrogen-bond donors (Lipinski definition) is 3. The molecule has 6 nitrogen and oxygen atoms in total. The summed E-state index contributed by atoms with van der Waals surface area (Å²) in [4.78, 5) is 30.4. The standard InChI is InChI=1S/C23H25N3O3/c1-16-20(22(27)19-13-18(23(28)29)7-8-21(19)24-16)15-26-11-9-25(10-12-26)14-17-5-3-2-4-6-17/h2-8,13H,9-12,14-15H2,1H3,(H,24,27)(H,28,29)/p+1. The summed E-state index contributed by atoms with van der Waals surface area (Å²) in [6.07, 6.45) is 0. The highest BCUT2D eigenvalue weighted by Crippen LogP contribution is 2.13. The first-order valence-electron chi connectivity index (χ1n) is 10.1. The van der Waals surface area contributed by atoms with E-state index in [9.17, 15) is 14.7 Å². The van der Waals surface area contributed by atoms with Crippen LogP contribution in [0.25, 0.3) is 10.9 Å². The lowest BCUT2D eigenvalue weighted by Crippen LogP contribution is -3.27. The molecule has 0 atom stereocenters. The van der Waals surface area contributed by atoms with Crippen LogP contribution in [0.4, 0.5) is 0 Å². The Balaban J connectivity index is 1.48. The lowest BCUT2D eigenvalue weighted by Gasteiger charge is -2.30. The van der Waals surface area contributed by atoms with Crippen LogP contribution in [0.1, 0.15) is 27.2 Å². The van der Waals surface area contributed by atoms with Gasteiger partial charge < -0.3 is 24.7 Å². The van der Waals surface area contributed by atoms with Crippen LogP contribution in [0, 0.1) is 6.92 Å². The highest BCUT2D eigenvalue weighted by molar-refractivity contribution is 5.92. The molecule has 1 saturated heterocycles. The van der Waals surface area contributed by atoms with E-state index in [0.29, 0.717) is 17.4 Å². The fourth-order valence-corrected chi connectivity index (χ4v) is 4.24. The SMILES string of the molecule is Cc1[nH]c2ccc(C(=O)[O-])cc2c(=O)c1C[NH+]1CC[NH+](Cc2ccccc2)CC1. The van der Waals surface area contributed by atoms with Crippen LogP contribution in [0.3, 0.4) is 0 Å². The Morgan fingerprint density at radius 2 is 1.66 bits per heavy atom. The Labute approximate surface area is 169 Å². The van der Waals surface area contributed by atoms with Crippen LogP contribution in [-0.4, -0.2) is 37.1 Å². The molecule has 0 spiro atoms. The molecule has 0 saturated carbocycles. The van der Waals surface area contributed by atoms with E-state index in [1.165, 1.54) is 22.6 Å². The number of fused-ring (bicyclic) bond motifs is 1. The Bertz CT molecular complexity index is 1080. The molecule has 0 radical (unpaired) electrons. The van der Waals surface area contributed by atoms with Gasteiger partial charge in [0.15, 0.2) is 5.43 Å². The highest BCUT2D eigenvalue weighted by atomic mass is 16.4. The number of aromatic carboxylic acids is 1. The van der Waals surface area contributed by atoms with E-state index in [1.54, 1.807) is 11.0 Å². The van der Waals surface area contributed by atoms with Gasteiger partial charge in [-0.15, -0.1) is 0 Å². The number of nitrogens with one attached hydrogen (secondary N) is 3. The number of hydrogen-bond acceptors (Lipinski definition) is 3. The number of pyridine rings is 1. The Hall–Kier alpha value is -2.96. The normalized spacial score (nSPS) is 19.3. The van der Waals surface area contributed by atoms with Gasteiger partial charge in [0.25, 0.3) is 0 Å². The Kier molecular flexibility index (Phi) is 5.47. The molecule has 29 heavy (non-hydrogen) atoms. The molecule has 0 unspecified atom stereocenters. The minimum Gasteiger partial charge on any atom is -0.545 e. The lowest BCUT2D eigenvalue weighted by atomic mass is 10.1. The van der Waals surface area contributed by atoms with Crippen LogP contribution >= 0.6 is 0 Å². The molecule has 4 rings (SSSR count). The quantitative estimate of drug-likeness (QED) is 0.504. The molecule has 0 bridgehead atoms. The summed E-state index contributed by atoms with van der Waals surface area (Å²) in [5.74, 6) is -1.27. The topological polar surface area (TPSA) is 81.9 Å². The number of benzene rings is 2. The number of quaternary nitrogens is 2. The number of aromatic amines is 1. The second-order valence-corrected chi connectivity index (χ2v) is 7.94. The first kappa shape index (κ1) is 19.4. The molecular weight excluding hydrogens is 366 g/mol.